The lowest BCUT2D eigenvalue weighted by molar-refractivity contribution is 0.669. The van der Waals surface area contributed by atoms with E-state index in [2.05, 4.69) is 6.07 Å². The maximum atomic E-state index is 9.22. The first-order chi connectivity index (χ1) is 28.3. The molecule has 0 radical (unpaired) electrons. The van der Waals surface area contributed by atoms with Crippen molar-refractivity contribution in [3.63, 3.8) is 0 Å². The zero-order chi connectivity index (χ0) is 41.3. The number of hydrogen-bond acceptors (Lipinski definition) is 1. The summed E-state index contributed by atoms with van der Waals surface area (Å²) in [7, 11) is 0. The monoisotopic (exact) mass is 608 g/mol. The molecule has 47 heavy (non-hydrogen) atoms. The molecule has 218 valence electrons. The van der Waals surface area contributed by atoms with Crippen LogP contribution in [0.1, 0.15) is 16.4 Å². The zero-order valence-electron chi connectivity index (χ0n) is 36.6. The number of furan rings is 1. The van der Waals surface area contributed by atoms with Gasteiger partial charge in [-0.15, -0.1) is 0 Å². The Balaban J connectivity index is 1.24. The quantitative estimate of drug-likeness (QED) is 0.182. The van der Waals surface area contributed by atoms with Crippen molar-refractivity contribution < 1.29 is 20.9 Å². The molecule has 0 amide bonds. The first-order valence-electron chi connectivity index (χ1n) is 21.2. The lowest BCUT2D eigenvalue weighted by atomic mass is 9.84. The summed E-state index contributed by atoms with van der Waals surface area (Å²) in [6, 6.07) is 25.8. The van der Waals surface area contributed by atoms with Crippen molar-refractivity contribution in [2.24, 2.45) is 0 Å². The van der Waals surface area contributed by atoms with E-state index in [1.165, 1.54) is 0 Å². The van der Waals surface area contributed by atoms with E-state index in [4.69, 9.17) is 19.5 Å². The van der Waals surface area contributed by atoms with Crippen molar-refractivity contribution in [3.8, 4) is 33.4 Å². The van der Waals surface area contributed by atoms with Crippen LogP contribution >= 0.6 is 0 Å². The molecule has 1 heteroatoms. The number of benzene rings is 9. The van der Waals surface area contributed by atoms with Crippen LogP contribution in [0.15, 0.2) is 174 Å². The van der Waals surface area contributed by atoms with Crippen LogP contribution in [0.2, 0.25) is 0 Å². The number of fused-ring (bicyclic) bond motifs is 7. The Kier molecular flexibility index (Phi) is 3.66. The van der Waals surface area contributed by atoms with Gasteiger partial charge in [0.2, 0.25) is 0 Å². The lowest BCUT2D eigenvalue weighted by Gasteiger charge is -2.18. The second-order valence-corrected chi connectivity index (χ2v) is 11.6. The first kappa shape index (κ1) is 16.9. The van der Waals surface area contributed by atoms with Crippen molar-refractivity contribution in [3.05, 3.63) is 170 Å². The predicted molar refractivity (Wildman–Crippen MR) is 200 cm³/mol. The summed E-state index contributed by atoms with van der Waals surface area (Å²) in [6.07, 6.45) is 0. The molecule has 0 spiro atoms. The van der Waals surface area contributed by atoms with Gasteiger partial charge in [0.05, 0.1) is 16.4 Å². The molecule has 0 aliphatic heterocycles. The van der Waals surface area contributed by atoms with Crippen molar-refractivity contribution >= 4 is 65.0 Å². The molecule has 0 saturated heterocycles. The molecule has 0 atom stereocenters. The van der Waals surface area contributed by atoms with E-state index in [1.54, 1.807) is 6.07 Å². The summed E-state index contributed by atoms with van der Waals surface area (Å²) in [4.78, 5) is 0. The second kappa shape index (κ2) is 10.2. The van der Waals surface area contributed by atoms with Gasteiger partial charge in [-0.05, 0) is 107 Å². The normalized spacial score (nSPS) is 15.4. The van der Waals surface area contributed by atoms with Crippen LogP contribution in [0, 0.1) is 0 Å². The van der Waals surface area contributed by atoms with E-state index in [9.17, 15) is 1.37 Å². The van der Waals surface area contributed by atoms with E-state index >= 15 is 0 Å². The molecule has 0 aliphatic rings. The molecule has 1 nitrogen and oxygen atoms in total. The van der Waals surface area contributed by atoms with E-state index in [0.29, 0.717) is 33.1 Å². The fraction of sp³-hybridized carbons (Fsp3) is 0. The Bertz CT molecular complexity index is 3440. The van der Waals surface area contributed by atoms with Gasteiger partial charge >= 0.3 is 0 Å². The van der Waals surface area contributed by atoms with Gasteiger partial charge in [-0.2, -0.15) is 0 Å². The molecule has 10 rings (SSSR count). The van der Waals surface area contributed by atoms with Crippen LogP contribution < -0.4 is 0 Å². The Morgan fingerprint density at radius 1 is 0.362 bits per heavy atom. The zero-order valence-corrected chi connectivity index (χ0v) is 24.6. The topological polar surface area (TPSA) is 13.1 Å². The van der Waals surface area contributed by atoms with Gasteiger partial charge in [0.1, 0.15) is 11.2 Å². The molecule has 9 aromatic carbocycles. The summed E-state index contributed by atoms with van der Waals surface area (Å²) < 4.78 is 109. The van der Waals surface area contributed by atoms with Crippen LogP contribution in [0.5, 0.6) is 0 Å². The highest BCUT2D eigenvalue weighted by atomic mass is 16.3. The Hall–Kier alpha value is -6.18. The van der Waals surface area contributed by atoms with E-state index in [0.717, 1.165) is 43.4 Å². The third-order valence-corrected chi connectivity index (χ3v) is 9.00. The summed E-state index contributed by atoms with van der Waals surface area (Å²) >= 11 is 0. The smallest absolute Gasteiger partial charge is 0.136 e. The van der Waals surface area contributed by atoms with Gasteiger partial charge in [0, 0.05) is 10.8 Å². The van der Waals surface area contributed by atoms with Gasteiger partial charge in [-0.1, -0.05) is 139 Å². The third kappa shape index (κ3) is 4.03. The molecule has 0 saturated carbocycles. The highest BCUT2D eigenvalue weighted by Crippen LogP contribution is 2.46. The molecule has 0 unspecified atom stereocenters. The SMILES string of the molecule is [2H]c1c([2H])c([2H])c(-c2ccc3cc4oc5ccc(-c6c7ccccc7c(-c7c([2H])c([2H])c([2H])c8c([2H])c([2H])c([2H])c([2H])c78)c7ccccc67)cc5c4cc3c2)c([2H])c1[2H]. The number of rotatable bonds is 3. The van der Waals surface area contributed by atoms with Crippen molar-refractivity contribution in [2.45, 2.75) is 0 Å². The molecular formula is C46H28O. The van der Waals surface area contributed by atoms with Crippen LogP contribution in [0.4, 0.5) is 0 Å². The van der Waals surface area contributed by atoms with Crippen LogP contribution in [0.3, 0.4) is 0 Å². The Morgan fingerprint density at radius 2 is 1.02 bits per heavy atom. The fourth-order valence-corrected chi connectivity index (χ4v) is 6.93. The summed E-state index contributed by atoms with van der Waals surface area (Å²) in [6.45, 7) is 0. The van der Waals surface area contributed by atoms with E-state index in [1.807, 2.05) is 84.9 Å². The molecule has 0 aliphatic carbocycles. The van der Waals surface area contributed by atoms with Gasteiger partial charge in [0.25, 0.3) is 0 Å². The molecule has 10 aromatic rings. The maximum absolute atomic E-state index is 9.22. The van der Waals surface area contributed by atoms with Crippen LogP contribution in [-0.4, -0.2) is 0 Å². The highest BCUT2D eigenvalue weighted by Gasteiger charge is 2.19. The van der Waals surface area contributed by atoms with E-state index < -0.39 is 48.3 Å². The predicted octanol–water partition coefficient (Wildman–Crippen LogP) is 13.2. The molecule has 0 fully saturated rings. The molecule has 0 N–H and O–H groups in total. The molecule has 1 heterocycles. The van der Waals surface area contributed by atoms with Crippen molar-refractivity contribution in [2.75, 3.05) is 0 Å². The summed E-state index contributed by atoms with van der Waals surface area (Å²) in [5, 5.41) is 6.20. The average Bonchev–Trinajstić information content (AvgIpc) is 3.60. The first-order valence-corrected chi connectivity index (χ1v) is 15.2. The highest BCUT2D eigenvalue weighted by molar-refractivity contribution is 6.24. The van der Waals surface area contributed by atoms with Crippen LogP contribution in [0.25, 0.3) is 98.4 Å². The summed E-state index contributed by atoms with van der Waals surface area (Å²) in [5.74, 6) is 0. The van der Waals surface area contributed by atoms with Gasteiger partial charge in [0.15, 0.2) is 0 Å². The summed E-state index contributed by atoms with van der Waals surface area (Å²) in [5.41, 5.74) is 4.34. The van der Waals surface area contributed by atoms with Gasteiger partial charge in [-0.25, -0.2) is 0 Å². The minimum absolute atomic E-state index is 0.0262. The Morgan fingerprint density at radius 3 is 1.81 bits per heavy atom. The molecule has 1 aromatic heterocycles. The molecule has 0 bridgehead atoms. The van der Waals surface area contributed by atoms with Crippen LogP contribution in [-0.2, 0) is 0 Å². The van der Waals surface area contributed by atoms with Crippen molar-refractivity contribution in [1.82, 2.24) is 0 Å². The second-order valence-electron chi connectivity index (χ2n) is 11.6. The average molecular weight is 609 g/mol. The lowest BCUT2D eigenvalue weighted by Crippen LogP contribution is -1.91. The Labute approximate surface area is 288 Å². The maximum Gasteiger partial charge on any atom is 0.136 e. The largest absolute Gasteiger partial charge is 0.456 e. The number of hydrogen-bond donors (Lipinski definition) is 0. The van der Waals surface area contributed by atoms with E-state index in [-0.39, 0.29) is 46.1 Å². The van der Waals surface area contributed by atoms with Gasteiger partial charge in [-0.3, -0.25) is 0 Å². The molecular weight excluding hydrogens is 569 g/mol. The fourth-order valence-electron chi connectivity index (χ4n) is 6.93. The minimum atomic E-state index is -0.506. The standard InChI is InChI=1S/C46H28O/c1-2-11-29(12-3-1)31-21-22-32-28-44-42(27-34(32)25-31)41-26-33(23-24-43(41)47-44)45-37-16-6-8-18-39(37)46(40-19-9-7-17-38(40)45)36-20-10-14-30-13-4-5-15-35(30)36/h1-28H/i1D,2D,3D,4D,5D,10D,11D,12D,13D,14D,15D,20D. The third-order valence-electron chi connectivity index (χ3n) is 9.00. The minimum Gasteiger partial charge on any atom is -0.456 e. The van der Waals surface area contributed by atoms with Crippen molar-refractivity contribution in [1.29, 1.82) is 0 Å². The van der Waals surface area contributed by atoms with Gasteiger partial charge < -0.3 is 4.42 Å².